The zero-order valence-corrected chi connectivity index (χ0v) is 9.02. The lowest BCUT2D eigenvalue weighted by atomic mass is 10.1. The first-order valence-corrected chi connectivity index (χ1v) is 4.68. The van der Waals surface area contributed by atoms with Crippen LogP contribution in [0.2, 0.25) is 0 Å². The molecule has 13 heavy (non-hydrogen) atoms. The second-order valence-corrected chi connectivity index (χ2v) is 4.31. The van der Waals surface area contributed by atoms with Crippen LogP contribution in [0.5, 0.6) is 0 Å². The molecule has 0 aromatic rings. The van der Waals surface area contributed by atoms with Crippen LogP contribution >= 0.6 is 12.4 Å². The molecule has 0 spiro atoms. The molecular weight excluding hydrogens is 190 g/mol. The van der Waals surface area contributed by atoms with Crippen molar-refractivity contribution in [2.24, 2.45) is 0 Å². The van der Waals surface area contributed by atoms with E-state index in [1.165, 1.54) is 6.42 Å². The minimum absolute atomic E-state index is 0. The molecule has 2 aliphatic heterocycles. The maximum atomic E-state index is 5.62. The fourth-order valence-corrected chi connectivity index (χ4v) is 1.81. The van der Waals surface area contributed by atoms with E-state index in [2.05, 4.69) is 19.2 Å². The van der Waals surface area contributed by atoms with Crippen LogP contribution in [0.25, 0.3) is 0 Å². The van der Waals surface area contributed by atoms with Crippen molar-refractivity contribution in [3.05, 3.63) is 0 Å². The van der Waals surface area contributed by atoms with Crippen molar-refractivity contribution in [1.82, 2.24) is 5.32 Å². The molecule has 0 aromatic heterocycles. The third-order valence-electron chi connectivity index (χ3n) is 2.46. The van der Waals surface area contributed by atoms with Gasteiger partial charge in [0.25, 0.3) is 0 Å². The molecule has 3 nitrogen and oxygen atoms in total. The Kier molecular flexibility index (Phi) is 3.57. The minimum Gasteiger partial charge on any atom is -0.374 e. The van der Waals surface area contributed by atoms with E-state index in [0.717, 1.165) is 19.6 Å². The normalized spacial score (nSPS) is 37.4. The van der Waals surface area contributed by atoms with Crippen LogP contribution in [0, 0.1) is 0 Å². The van der Waals surface area contributed by atoms with Gasteiger partial charge in [0.1, 0.15) is 6.23 Å². The van der Waals surface area contributed by atoms with Crippen LogP contribution in [0.1, 0.15) is 26.7 Å². The summed E-state index contributed by atoms with van der Waals surface area (Å²) in [6, 6.07) is 0. The number of halogens is 1. The van der Waals surface area contributed by atoms with E-state index in [0.29, 0.717) is 0 Å². The van der Waals surface area contributed by atoms with Crippen molar-refractivity contribution < 1.29 is 9.47 Å². The molecule has 2 unspecified atom stereocenters. The fourth-order valence-electron chi connectivity index (χ4n) is 1.81. The smallest absolute Gasteiger partial charge is 0.135 e. The molecular formula is C9H18ClNO2. The maximum absolute atomic E-state index is 5.62. The van der Waals surface area contributed by atoms with Gasteiger partial charge in [0.15, 0.2) is 0 Å². The summed E-state index contributed by atoms with van der Waals surface area (Å²) in [6.45, 7) is 5.99. The van der Waals surface area contributed by atoms with Gasteiger partial charge in [-0.05, 0) is 26.7 Å². The molecule has 1 N–H and O–H groups in total. The van der Waals surface area contributed by atoms with E-state index in [1.807, 2.05) is 0 Å². The Hall–Kier alpha value is 0.170. The molecule has 0 radical (unpaired) electrons. The number of nitrogens with one attached hydrogen (secondary N) is 1. The summed E-state index contributed by atoms with van der Waals surface area (Å²) in [7, 11) is 0. The third-order valence-corrected chi connectivity index (χ3v) is 2.46. The Labute approximate surface area is 85.6 Å². The molecule has 2 heterocycles. The molecule has 2 aliphatic rings. The summed E-state index contributed by atoms with van der Waals surface area (Å²) in [5.74, 6) is 0. The molecule has 2 fully saturated rings. The van der Waals surface area contributed by atoms with Gasteiger partial charge < -0.3 is 9.47 Å². The quantitative estimate of drug-likeness (QED) is 0.704. The molecule has 2 atom stereocenters. The van der Waals surface area contributed by atoms with Gasteiger partial charge >= 0.3 is 0 Å². The Balaban J connectivity index is 0.000000845. The molecule has 2 rings (SSSR count). The summed E-state index contributed by atoms with van der Waals surface area (Å²) in [5, 5.41) is 3.42. The lowest BCUT2D eigenvalue weighted by Gasteiger charge is -2.20. The Bertz CT molecular complexity index is 169. The van der Waals surface area contributed by atoms with E-state index in [1.54, 1.807) is 0 Å². The summed E-state index contributed by atoms with van der Waals surface area (Å²) in [5.41, 5.74) is 0.122. The monoisotopic (exact) mass is 207 g/mol. The van der Waals surface area contributed by atoms with Crippen molar-refractivity contribution >= 4 is 12.4 Å². The Morgan fingerprint density at radius 1 is 1.31 bits per heavy atom. The predicted octanol–water partition coefficient (Wildman–Crippen LogP) is 1.31. The van der Waals surface area contributed by atoms with Gasteiger partial charge in [-0.3, -0.25) is 5.32 Å². The highest BCUT2D eigenvalue weighted by Crippen LogP contribution is 2.23. The molecule has 0 aliphatic carbocycles. The van der Waals surface area contributed by atoms with Gasteiger partial charge in [0.2, 0.25) is 0 Å². The standard InChI is InChI=1S/C9H17NO2.ClH/c1-9(2)6-12-8(10-9)7-4-3-5-11-7;/h7-8,10H,3-6H2,1-2H3;1H. The van der Waals surface area contributed by atoms with Crippen LogP contribution < -0.4 is 5.32 Å². The molecule has 4 heteroatoms. The lowest BCUT2D eigenvalue weighted by molar-refractivity contribution is -0.0259. The van der Waals surface area contributed by atoms with Gasteiger partial charge in [-0.25, -0.2) is 0 Å². The first-order valence-electron chi connectivity index (χ1n) is 4.68. The van der Waals surface area contributed by atoms with Gasteiger partial charge in [-0.2, -0.15) is 0 Å². The van der Waals surface area contributed by atoms with Gasteiger partial charge in [0, 0.05) is 12.1 Å². The van der Waals surface area contributed by atoms with Crippen molar-refractivity contribution in [2.75, 3.05) is 13.2 Å². The predicted molar refractivity (Wildman–Crippen MR) is 53.2 cm³/mol. The topological polar surface area (TPSA) is 30.5 Å². The average Bonchev–Trinajstić information content (AvgIpc) is 2.55. The van der Waals surface area contributed by atoms with Gasteiger partial charge in [-0.1, -0.05) is 0 Å². The highest BCUT2D eigenvalue weighted by molar-refractivity contribution is 5.85. The molecule has 0 bridgehead atoms. The van der Waals surface area contributed by atoms with Gasteiger partial charge in [0.05, 0.1) is 12.7 Å². The van der Waals surface area contributed by atoms with Crippen molar-refractivity contribution in [2.45, 2.75) is 44.6 Å². The lowest BCUT2D eigenvalue weighted by Crippen LogP contribution is -2.44. The first-order chi connectivity index (χ1) is 5.67. The summed E-state index contributed by atoms with van der Waals surface area (Å²) in [6.07, 6.45) is 2.72. The SMILES string of the molecule is CC1(C)COC(C2CCCO2)N1.Cl. The van der Waals surface area contributed by atoms with Crippen LogP contribution in [-0.4, -0.2) is 31.1 Å². The van der Waals surface area contributed by atoms with E-state index in [-0.39, 0.29) is 30.3 Å². The molecule has 0 saturated carbocycles. The number of ether oxygens (including phenoxy) is 2. The molecule has 78 valence electrons. The van der Waals surface area contributed by atoms with E-state index in [4.69, 9.17) is 9.47 Å². The average molecular weight is 208 g/mol. The summed E-state index contributed by atoms with van der Waals surface area (Å²) in [4.78, 5) is 0. The number of hydrogen-bond donors (Lipinski definition) is 1. The zero-order valence-electron chi connectivity index (χ0n) is 8.21. The molecule has 2 saturated heterocycles. The van der Waals surface area contributed by atoms with E-state index >= 15 is 0 Å². The Morgan fingerprint density at radius 2 is 2.08 bits per heavy atom. The second kappa shape index (κ2) is 4.13. The largest absolute Gasteiger partial charge is 0.374 e. The minimum atomic E-state index is 0. The summed E-state index contributed by atoms with van der Waals surface area (Å²) >= 11 is 0. The van der Waals surface area contributed by atoms with E-state index in [9.17, 15) is 0 Å². The summed E-state index contributed by atoms with van der Waals surface area (Å²) < 4.78 is 11.2. The van der Waals surface area contributed by atoms with Crippen molar-refractivity contribution in [3.8, 4) is 0 Å². The fraction of sp³-hybridized carbons (Fsp3) is 1.00. The third kappa shape index (κ3) is 2.56. The van der Waals surface area contributed by atoms with Crippen LogP contribution in [0.3, 0.4) is 0 Å². The van der Waals surface area contributed by atoms with Crippen LogP contribution in [-0.2, 0) is 9.47 Å². The highest BCUT2D eigenvalue weighted by Gasteiger charge is 2.37. The van der Waals surface area contributed by atoms with E-state index < -0.39 is 0 Å². The zero-order chi connectivity index (χ0) is 8.60. The van der Waals surface area contributed by atoms with Crippen LogP contribution in [0.15, 0.2) is 0 Å². The second-order valence-electron chi connectivity index (χ2n) is 4.31. The highest BCUT2D eigenvalue weighted by atomic mass is 35.5. The van der Waals surface area contributed by atoms with Crippen molar-refractivity contribution in [3.63, 3.8) is 0 Å². The molecule has 0 aromatic carbocycles. The maximum Gasteiger partial charge on any atom is 0.135 e. The van der Waals surface area contributed by atoms with Crippen molar-refractivity contribution in [1.29, 1.82) is 0 Å². The number of rotatable bonds is 1. The Morgan fingerprint density at radius 3 is 2.54 bits per heavy atom. The number of hydrogen-bond acceptors (Lipinski definition) is 3. The van der Waals surface area contributed by atoms with Gasteiger partial charge in [-0.15, -0.1) is 12.4 Å². The molecule has 0 amide bonds. The van der Waals surface area contributed by atoms with Crippen LogP contribution in [0.4, 0.5) is 0 Å². The first kappa shape index (κ1) is 11.2.